The molecule has 0 radical (unpaired) electrons. The summed E-state index contributed by atoms with van der Waals surface area (Å²) in [5, 5.41) is 3.52. The van der Waals surface area contributed by atoms with Crippen LogP contribution < -0.4 is 5.32 Å². The number of rotatable bonds is 7. The average molecular weight is 285 g/mol. The molecule has 21 heavy (non-hydrogen) atoms. The van der Waals surface area contributed by atoms with Crippen molar-refractivity contribution in [2.45, 2.75) is 53.1 Å². The first-order valence-corrected chi connectivity index (χ1v) is 7.98. The first kappa shape index (κ1) is 15.8. The molecule has 0 aliphatic heterocycles. The molecule has 1 atom stereocenters. The maximum atomic E-state index is 5.72. The van der Waals surface area contributed by atoms with Crippen molar-refractivity contribution in [2.75, 3.05) is 0 Å². The fourth-order valence-electron chi connectivity index (χ4n) is 2.49. The number of nitrogens with one attached hydrogen (secondary N) is 1. The second-order valence-electron chi connectivity index (χ2n) is 6.16. The zero-order valence-electron chi connectivity index (χ0n) is 13.6. The molecule has 1 unspecified atom stereocenters. The van der Waals surface area contributed by atoms with E-state index in [9.17, 15) is 0 Å². The maximum Gasteiger partial charge on any atom is 0.117 e. The Kier molecular flexibility index (Phi) is 5.63. The molecule has 1 aromatic carbocycles. The Hall–Kier alpha value is -1.54. The standard InChI is InChI=1S/C19H27NO/c1-5-18-10-11-19(21-18)13-20-15(4)17-8-6-16(7-9-17)12-14(2)3/h6-11,14-15,20H,5,12-13H2,1-4H3. The van der Waals surface area contributed by atoms with Gasteiger partial charge in [-0.1, -0.05) is 45.0 Å². The van der Waals surface area contributed by atoms with E-state index in [2.05, 4.69) is 69.4 Å². The quantitative estimate of drug-likeness (QED) is 0.783. The van der Waals surface area contributed by atoms with Gasteiger partial charge >= 0.3 is 0 Å². The predicted molar refractivity (Wildman–Crippen MR) is 88.3 cm³/mol. The Morgan fingerprint density at radius 3 is 2.19 bits per heavy atom. The number of aryl methyl sites for hydroxylation is 1. The highest BCUT2D eigenvalue weighted by molar-refractivity contribution is 5.25. The molecule has 0 aliphatic carbocycles. The van der Waals surface area contributed by atoms with Crippen molar-refractivity contribution in [1.29, 1.82) is 0 Å². The van der Waals surface area contributed by atoms with Crippen molar-refractivity contribution >= 4 is 0 Å². The van der Waals surface area contributed by atoms with E-state index < -0.39 is 0 Å². The lowest BCUT2D eigenvalue weighted by molar-refractivity contribution is 0.435. The van der Waals surface area contributed by atoms with Crippen molar-refractivity contribution in [2.24, 2.45) is 5.92 Å². The lowest BCUT2D eigenvalue weighted by atomic mass is 10.00. The van der Waals surface area contributed by atoms with E-state index in [1.807, 2.05) is 0 Å². The second kappa shape index (κ2) is 7.46. The Labute approximate surface area is 128 Å². The molecule has 0 aliphatic rings. The molecule has 0 bridgehead atoms. The third-order valence-corrected chi connectivity index (χ3v) is 3.77. The largest absolute Gasteiger partial charge is 0.465 e. The fourth-order valence-corrected chi connectivity index (χ4v) is 2.49. The fraction of sp³-hybridized carbons (Fsp3) is 0.474. The van der Waals surface area contributed by atoms with Gasteiger partial charge < -0.3 is 9.73 Å². The van der Waals surface area contributed by atoms with Gasteiger partial charge in [-0.25, -0.2) is 0 Å². The molecule has 2 nitrogen and oxygen atoms in total. The van der Waals surface area contributed by atoms with E-state index in [4.69, 9.17) is 4.42 Å². The van der Waals surface area contributed by atoms with Crippen molar-refractivity contribution in [3.63, 3.8) is 0 Å². The van der Waals surface area contributed by atoms with Gasteiger partial charge in [-0.3, -0.25) is 0 Å². The van der Waals surface area contributed by atoms with Gasteiger partial charge in [0.25, 0.3) is 0 Å². The number of hydrogen-bond donors (Lipinski definition) is 1. The first-order valence-electron chi connectivity index (χ1n) is 7.98. The third kappa shape index (κ3) is 4.75. The molecule has 2 heteroatoms. The molecular formula is C19H27NO. The zero-order chi connectivity index (χ0) is 15.2. The first-order chi connectivity index (χ1) is 10.1. The summed E-state index contributed by atoms with van der Waals surface area (Å²) in [4.78, 5) is 0. The van der Waals surface area contributed by atoms with Gasteiger partial charge in [0.05, 0.1) is 6.54 Å². The van der Waals surface area contributed by atoms with Crippen molar-refractivity contribution in [3.8, 4) is 0 Å². The monoisotopic (exact) mass is 285 g/mol. The van der Waals surface area contributed by atoms with E-state index in [-0.39, 0.29) is 0 Å². The van der Waals surface area contributed by atoms with Crippen molar-refractivity contribution in [1.82, 2.24) is 5.32 Å². The number of hydrogen-bond acceptors (Lipinski definition) is 2. The van der Waals surface area contributed by atoms with E-state index in [1.165, 1.54) is 11.1 Å². The average Bonchev–Trinajstić information content (AvgIpc) is 2.93. The normalized spacial score (nSPS) is 12.8. The van der Waals surface area contributed by atoms with Gasteiger partial charge in [0, 0.05) is 12.5 Å². The zero-order valence-corrected chi connectivity index (χ0v) is 13.6. The van der Waals surface area contributed by atoms with Crippen LogP contribution in [0.3, 0.4) is 0 Å². The summed E-state index contributed by atoms with van der Waals surface area (Å²) in [6.45, 7) is 9.59. The summed E-state index contributed by atoms with van der Waals surface area (Å²) in [5.41, 5.74) is 2.74. The van der Waals surface area contributed by atoms with Gasteiger partial charge in [0.2, 0.25) is 0 Å². The SMILES string of the molecule is CCc1ccc(CNC(C)c2ccc(CC(C)C)cc2)o1. The smallest absolute Gasteiger partial charge is 0.117 e. The van der Waals surface area contributed by atoms with Gasteiger partial charge in [0.1, 0.15) is 11.5 Å². The Morgan fingerprint density at radius 2 is 1.62 bits per heavy atom. The minimum absolute atomic E-state index is 0.327. The van der Waals surface area contributed by atoms with Crippen LogP contribution in [0.5, 0.6) is 0 Å². The highest BCUT2D eigenvalue weighted by atomic mass is 16.3. The molecule has 2 aromatic rings. The van der Waals surface area contributed by atoms with Crippen LogP contribution in [0.1, 0.15) is 56.4 Å². The highest BCUT2D eigenvalue weighted by Crippen LogP contribution is 2.17. The van der Waals surface area contributed by atoms with Crippen molar-refractivity contribution < 1.29 is 4.42 Å². The van der Waals surface area contributed by atoms with E-state index in [0.717, 1.165) is 30.9 Å². The lowest BCUT2D eigenvalue weighted by Crippen LogP contribution is -2.17. The molecule has 0 amide bonds. The van der Waals surface area contributed by atoms with Crippen LogP contribution in [0.15, 0.2) is 40.8 Å². The topological polar surface area (TPSA) is 25.2 Å². The highest BCUT2D eigenvalue weighted by Gasteiger charge is 2.07. The van der Waals surface area contributed by atoms with Crippen LogP contribution in [0.25, 0.3) is 0 Å². The molecule has 0 saturated carbocycles. The van der Waals surface area contributed by atoms with E-state index in [1.54, 1.807) is 0 Å². The molecule has 1 N–H and O–H groups in total. The Balaban J connectivity index is 1.89. The van der Waals surface area contributed by atoms with Gasteiger partial charge in [-0.2, -0.15) is 0 Å². The molecule has 0 saturated heterocycles. The summed E-state index contributed by atoms with van der Waals surface area (Å²) in [6, 6.07) is 13.4. The van der Waals surface area contributed by atoms with Crippen LogP contribution in [0.4, 0.5) is 0 Å². The summed E-state index contributed by atoms with van der Waals surface area (Å²) >= 11 is 0. The molecule has 114 valence electrons. The van der Waals surface area contributed by atoms with Crippen LogP contribution in [0, 0.1) is 5.92 Å². The Morgan fingerprint density at radius 1 is 0.952 bits per heavy atom. The van der Waals surface area contributed by atoms with Crippen LogP contribution in [-0.4, -0.2) is 0 Å². The van der Waals surface area contributed by atoms with Crippen LogP contribution >= 0.6 is 0 Å². The summed E-state index contributed by atoms with van der Waals surface area (Å²) in [6.07, 6.45) is 2.10. The molecule has 1 heterocycles. The van der Waals surface area contributed by atoms with Crippen LogP contribution in [0.2, 0.25) is 0 Å². The van der Waals surface area contributed by atoms with Crippen LogP contribution in [-0.2, 0) is 19.4 Å². The molecule has 0 spiro atoms. The van der Waals surface area contributed by atoms with Crippen molar-refractivity contribution in [3.05, 3.63) is 59.0 Å². The maximum absolute atomic E-state index is 5.72. The summed E-state index contributed by atoms with van der Waals surface area (Å²) in [7, 11) is 0. The molecule has 0 fully saturated rings. The number of benzene rings is 1. The second-order valence-corrected chi connectivity index (χ2v) is 6.16. The lowest BCUT2D eigenvalue weighted by Gasteiger charge is -2.14. The van der Waals surface area contributed by atoms with E-state index in [0.29, 0.717) is 12.0 Å². The van der Waals surface area contributed by atoms with Gasteiger partial charge in [-0.05, 0) is 42.5 Å². The summed E-state index contributed by atoms with van der Waals surface area (Å²) < 4.78 is 5.72. The predicted octanol–water partition coefficient (Wildman–Crippen LogP) is 4.89. The molecule has 1 aromatic heterocycles. The third-order valence-electron chi connectivity index (χ3n) is 3.77. The minimum atomic E-state index is 0.327. The Bertz CT molecular complexity index is 539. The molecular weight excluding hydrogens is 258 g/mol. The molecule has 2 rings (SSSR count). The van der Waals surface area contributed by atoms with E-state index >= 15 is 0 Å². The van der Waals surface area contributed by atoms with Gasteiger partial charge in [0.15, 0.2) is 0 Å². The minimum Gasteiger partial charge on any atom is -0.465 e. The summed E-state index contributed by atoms with van der Waals surface area (Å²) in [5.74, 6) is 2.77. The number of furan rings is 1. The van der Waals surface area contributed by atoms with Gasteiger partial charge in [-0.15, -0.1) is 0 Å².